The van der Waals surface area contributed by atoms with Crippen LogP contribution in [-0.4, -0.2) is 37.9 Å². The molecule has 3 rings (SSSR count). The van der Waals surface area contributed by atoms with Crippen LogP contribution in [0.4, 0.5) is 0 Å². The molecule has 21 heavy (non-hydrogen) atoms. The fourth-order valence-electron chi connectivity index (χ4n) is 2.73. The van der Waals surface area contributed by atoms with Crippen molar-refractivity contribution in [1.82, 2.24) is 19.9 Å². The van der Waals surface area contributed by atoms with Crippen molar-refractivity contribution in [2.75, 3.05) is 6.54 Å². The van der Waals surface area contributed by atoms with Gasteiger partial charge >= 0.3 is 0 Å². The standard InChI is InChI=1S/C14H17ClN4OS/c1-14(2)6-3-7-19(14)13(20)9-18-8-10(16-17-18)11-4-5-12(15)21-11/h4-5,8H,3,6-7,9H2,1-2H3. The van der Waals surface area contributed by atoms with Gasteiger partial charge in [0.25, 0.3) is 0 Å². The molecule has 0 radical (unpaired) electrons. The normalized spacial score (nSPS) is 17.4. The number of likely N-dealkylation sites (tertiary alicyclic amines) is 1. The Kier molecular flexibility index (Phi) is 3.75. The third kappa shape index (κ3) is 2.96. The number of nitrogens with zero attached hydrogens (tertiary/aromatic N) is 4. The van der Waals surface area contributed by atoms with E-state index in [0.29, 0.717) is 0 Å². The van der Waals surface area contributed by atoms with E-state index in [0.717, 1.165) is 34.3 Å². The molecular weight excluding hydrogens is 308 g/mol. The summed E-state index contributed by atoms with van der Waals surface area (Å²) < 4.78 is 2.31. The zero-order valence-corrected chi connectivity index (χ0v) is 13.6. The highest BCUT2D eigenvalue weighted by molar-refractivity contribution is 7.19. The second-order valence-electron chi connectivity index (χ2n) is 5.87. The van der Waals surface area contributed by atoms with Crippen LogP contribution in [0, 0.1) is 0 Å². The van der Waals surface area contributed by atoms with Gasteiger partial charge in [-0.15, -0.1) is 16.4 Å². The minimum absolute atomic E-state index is 0.0538. The first-order valence-electron chi connectivity index (χ1n) is 6.92. The van der Waals surface area contributed by atoms with E-state index in [9.17, 15) is 4.79 Å². The van der Waals surface area contributed by atoms with Crippen LogP contribution in [0.5, 0.6) is 0 Å². The van der Waals surface area contributed by atoms with Gasteiger partial charge in [-0.25, -0.2) is 4.68 Å². The molecule has 0 aliphatic carbocycles. The number of hydrogen-bond donors (Lipinski definition) is 0. The summed E-state index contributed by atoms with van der Waals surface area (Å²) in [6, 6.07) is 3.74. The van der Waals surface area contributed by atoms with Crippen molar-refractivity contribution < 1.29 is 4.79 Å². The molecule has 1 amide bonds. The monoisotopic (exact) mass is 324 g/mol. The highest BCUT2D eigenvalue weighted by Crippen LogP contribution is 2.30. The Morgan fingerprint density at radius 3 is 2.90 bits per heavy atom. The smallest absolute Gasteiger partial charge is 0.244 e. The molecule has 0 N–H and O–H groups in total. The molecule has 5 nitrogen and oxygen atoms in total. The minimum Gasteiger partial charge on any atom is -0.336 e. The van der Waals surface area contributed by atoms with Crippen molar-refractivity contribution in [2.24, 2.45) is 0 Å². The second kappa shape index (κ2) is 5.42. The topological polar surface area (TPSA) is 51.0 Å². The molecule has 0 bridgehead atoms. The van der Waals surface area contributed by atoms with Gasteiger partial charge in [-0.2, -0.15) is 0 Å². The van der Waals surface area contributed by atoms with E-state index in [2.05, 4.69) is 24.2 Å². The highest BCUT2D eigenvalue weighted by Gasteiger charge is 2.35. The SMILES string of the molecule is CC1(C)CCCN1C(=O)Cn1cc(-c2ccc(Cl)s2)nn1. The van der Waals surface area contributed by atoms with Gasteiger partial charge in [0.15, 0.2) is 0 Å². The summed E-state index contributed by atoms with van der Waals surface area (Å²) in [6.45, 7) is 5.28. The Bertz CT molecular complexity index is 663. The predicted octanol–water partition coefficient (Wildman–Crippen LogP) is 3.06. The third-order valence-corrected chi connectivity index (χ3v) is 5.12. The minimum atomic E-state index is -0.0538. The van der Waals surface area contributed by atoms with Gasteiger partial charge in [0.2, 0.25) is 5.91 Å². The van der Waals surface area contributed by atoms with Crippen LogP contribution in [0.1, 0.15) is 26.7 Å². The maximum Gasteiger partial charge on any atom is 0.244 e. The number of carbonyl (C=O) groups is 1. The van der Waals surface area contributed by atoms with Gasteiger partial charge in [0.05, 0.1) is 15.4 Å². The third-order valence-electron chi connectivity index (χ3n) is 3.86. The lowest BCUT2D eigenvalue weighted by atomic mass is 10.0. The molecule has 0 aromatic carbocycles. The van der Waals surface area contributed by atoms with Crippen molar-refractivity contribution in [3.8, 4) is 10.6 Å². The van der Waals surface area contributed by atoms with Gasteiger partial charge in [-0.3, -0.25) is 4.79 Å². The molecule has 1 fully saturated rings. The summed E-state index contributed by atoms with van der Waals surface area (Å²) in [4.78, 5) is 15.3. The van der Waals surface area contributed by atoms with Crippen molar-refractivity contribution in [1.29, 1.82) is 0 Å². The van der Waals surface area contributed by atoms with Gasteiger partial charge < -0.3 is 4.90 Å². The van der Waals surface area contributed by atoms with Crippen molar-refractivity contribution in [2.45, 2.75) is 38.8 Å². The van der Waals surface area contributed by atoms with Crippen molar-refractivity contribution in [3.63, 3.8) is 0 Å². The van der Waals surface area contributed by atoms with Crippen LogP contribution < -0.4 is 0 Å². The molecule has 0 unspecified atom stereocenters. The number of halogens is 1. The largest absolute Gasteiger partial charge is 0.336 e. The first-order valence-corrected chi connectivity index (χ1v) is 8.11. The summed E-state index contributed by atoms with van der Waals surface area (Å²) >= 11 is 7.37. The van der Waals surface area contributed by atoms with Crippen LogP contribution in [0.25, 0.3) is 10.6 Å². The van der Waals surface area contributed by atoms with E-state index in [1.54, 1.807) is 10.9 Å². The van der Waals surface area contributed by atoms with Crippen LogP contribution in [0.3, 0.4) is 0 Å². The van der Waals surface area contributed by atoms with E-state index in [4.69, 9.17) is 11.6 Å². The van der Waals surface area contributed by atoms with Crippen molar-refractivity contribution >= 4 is 28.8 Å². The average molecular weight is 325 g/mol. The van der Waals surface area contributed by atoms with Crippen molar-refractivity contribution in [3.05, 3.63) is 22.7 Å². The zero-order chi connectivity index (χ0) is 15.0. The fraction of sp³-hybridized carbons (Fsp3) is 0.500. The van der Waals surface area contributed by atoms with Crippen LogP contribution >= 0.6 is 22.9 Å². The number of amides is 1. The molecule has 2 aromatic rings. The molecule has 0 saturated carbocycles. The van der Waals surface area contributed by atoms with Crippen LogP contribution in [0.15, 0.2) is 18.3 Å². The molecular formula is C14H17ClN4OS. The van der Waals surface area contributed by atoms with Crippen LogP contribution in [0.2, 0.25) is 4.34 Å². The van der Waals surface area contributed by atoms with E-state index in [1.165, 1.54) is 11.3 Å². The first kappa shape index (κ1) is 14.5. The summed E-state index contributed by atoms with van der Waals surface area (Å²) in [7, 11) is 0. The summed E-state index contributed by atoms with van der Waals surface area (Å²) in [5, 5.41) is 8.15. The number of rotatable bonds is 3. The Hall–Kier alpha value is -1.40. The van der Waals surface area contributed by atoms with Gasteiger partial charge in [0.1, 0.15) is 12.2 Å². The maximum atomic E-state index is 12.4. The lowest BCUT2D eigenvalue weighted by Gasteiger charge is -2.31. The van der Waals surface area contributed by atoms with E-state index in [1.807, 2.05) is 17.0 Å². The van der Waals surface area contributed by atoms with Gasteiger partial charge in [0, 0.05) is 12.1 Å². The van der Waals surface area contributed by atoms with Gasteiger partial charge in [-0.1, -0.05) is 16.8 Å². The van der Waals surface area contributed by atoms with Gasteiger partial charge in [-0.05, 0) is 38.8 Å². The Balaban J connectivity index is 1.71. The number of aromatic nitrogens is 3. The molecule has 1 saturated heterocycles. The Morgan fingerprint density at radius 2 is 2.29 bits per heavy atom. The molecule has 1 aliphatic rings. The molecule has 1 aliphatic heterocycles. The molecule has 0 spiro atoms. The highest BCUT2D eigenvalue weighted by atomic mass is 35.5. The predicted molar refractivity (Wildman–Crippen MR) is 83.4 cm³/mol. The molecule has 112 valence electrons. The van der Waals surface area contributed by atoms with Crippen LogP contribution in [-0.2, 0) is 11.3 Å². The molecule has 7 heteroatoms. The number of carbonyl (C=O) groups excluding carboxylic acids is 1. The fourth-order valence-corrected chi connectivity index (χ4v) is 3.73. The number of hydrogen-bond acceptors (Lipinski definition) is 4. The Morgan fingerprint density at radius 1 is 1.48 bits per heavy atom. The van der Waals surface area contributed by atoms with E-state index >= 15 is 0 Å². The van der Waals surface area contributed by atoms with E-state index in [-0.39, 0.29) is 18.0 Å². The summed E-state index contributed by atoms with van der Waals surface area (Å²) in [5.74, 6) is 0.0955. The molecule has 3 heterocycles. The second-order valence-corrected chi connectivity index (χ2v) is 7.58. The zero-order valence-electron chi connectivity index (χ0n) is 12.0. The molecule has 0 atom stereocenters. The summed E-state index contributed by atoms with van der Waals surface area (Å²) in [5.41, 5.74) is 0.697. The Labute approximate surface area is 132 Å². The number of thiophene rings is 1. The molecule has 2 aromatic heterocycles. The lowest BCUT2D eigenvalue weighted by Crippen LogP contribution is -2.44. The summed E-state index contributed by atoms with van der Waals surface area (Å²) in [6.07, 6.45) is 3.91. The average Bonchev–Trinajstić information content (AvgIpc) is 3.09. The maximum absolute atomic E-state index is 12.4. The first-order chi connectivity index (χ1) is 9.95. The van der Waals surface area contributed by atoms with E-state index < -0.39 is 0 Å². The quantitative estimate of drug-likeness (QED) is 0.872. The lowest BCUT2D eigenvalue weighted by molar-refractivity contribution is -0.135.